The lowest BCUT2D eigenvalue weighted by Gasteiger charge is -2.33. The monoisotopic (exact) mass is 569 g/mol. The topological polar surface area (TPSA) is 86.8 Å². The van der Waals surface area contributed by atoms with E-state index in [0.29, 0.717) is 17.1 Å². The number of amides is 2. The molecule has 0 saturated heterocycles. The largest absolute Gasteiger partial charge is 0.352 e. The van der Waals surface area contributed by atoms with Gasteiger partial charge in [-0.05, 0) is 76.1 Å². The molecule has 0 heterocycles. The van der Waals surface area contributed by atoms with Gasteiger partial charge >= 0.3 is 0 Å². The summed E-state index contributed by atoms with van der Waals surface area (Å²) in [6.07, 6.45) is 0.354. The lowest BCUT2D eigenvalue weighted by atomic mass is 10.1. The molecule has 7 nitrogen and oxygen atoms in total. The van der Waals surface area contributed by atoms with E-state index in [-0.39, 0.29) is 23.4 Å². The smallest absolute Gasteiger partial charge is 0.264 e. The first-order valence-electron chi connectivity index (χ1n) is 12.9. The van der Waals surface area contributed by atoms with Gasteiger partial charge in [-0.15, -0.1) is 0 Å². The third-order valence-corrected chi connectivity index (χ3v) is 8.33. The molecule has 3 aromatic carbocycles. The molecule has 1 atom stereocenters. The maximum atomic E-state index is 14.0. The van der Waals surface area contributed by atoms with Crippen molar-refractivity contribution in [1.82, 2.24) is 10.2 Å². The van der Waals surface area contributed by atoms with Crippen molar-refractivity contribution in [3.8, 4) is 0 Å². The second-order valence-electron chi connectivity index (χ2n) is 9.90. The molecule has 2 amide bonds. The van der Waals surface area contributed by atoms with Gasteiger partial charge in [-0.25, -0.2) is 8.42 Å². The number of benzene rings is 3. The van der Waals surface area contributed by atoms with Gasteiger partial charge in [0.1, 0.15) is 12.6 Å². The lowest BCUT2D eigenvalue weighted by Crippen LogP contribution is -2.53. The summed E-state index contributed by atoms with van der Waals surface area (Å²) in [4.78, 5) is 28.7. The van der Waals surface area contributed by atoms with E-state index in [1.807, 2.05) is 34.6 Å². The van der Waals surface area contributed by atoms with Crippen LogP contribution in [0.2, 0.25) is 5.02 Å². The Morgan fingerprint density at radius 1 is 0.872 bits per heavy atom. The fraction of sp³-hybridized carbons (Fsp3) is 0.333. The summed E-state index contributed by atoms with van der Waals surface area (Å²) < 4.78 is 28.8. The van der Waals surface area contributed by atoms with Crippen molar-refractivity contribution in [2.45, 2.75) is 64.6 Å². The van der Waals surface area contributed by atoms with Gasteiger partial charge in [-0.3, -0.25) is 13.9 Å². The average molecular weight is 570 g/mol. The Hall–Kier alpha value is -3.36. The molecule has 0 unspecified atom stereocenters. The quantitative estimate of drug-likeness (QED) is 0.331. The molecule has 1 N–H and O–H groups in total. The van der Waals surface area contributed by atoms with E-state index in [9.17, 15) is 18.0 Å². The Balaban J connectivity index is 2.05. The van der Waals surface area contributed by atoms with Gasteiger partial charge in [0.05, 0.1) is 10.6 Å². The molecule has 0 fully saturated rings. The number of sulfonamides is 1. The second kappa shape index (κ2) is 13.1. The highest BCUT2D eigenvalue weighted by Crippen LogP contribution is 2.25. The number of rotatable bonds is 11. The number of hydrogen-bond donors (Lipinski definition) is 1. The highest BCUT2D eigenvalue weighted by Gasteiger charge is 2.33. The van der Waals surface area contributed by atoms with E-state index >= 15 is 0 Å². The Morgan fingerprint density at radius 3 is 1.92 bits per heavy atom. The summed E-state index contributed by atoms with van der Waals surface area (Å²) in [5.41, 5.74) is 3.01. The van der Waals surface area contributed by atoms with Gasteiger partial charge in [0.15, 0.2) is 0 Å². The van der Waals surface area contributed by atoms with Gasteiger partial charge in [0.25, 0.3) is 10.0 Å². The van der Waals surface area contributed by atoms with Gasteiger partial charge in [0, 0.05) is 17.6 Å². The van der Waals surface area contributed by atoms with Gasteiger partial charge < -0.3 is 10.2 Å². The number of carbonyl (C=O) groups excluding carboxylic acids is 2. The molecule has 0 spiro atoms. The van der Waals surface area contributed by atoms with Crippen LogP contribution in [-0.2, 0) is 26.2 Å². The van der Waals surface area contributed by atoms with E-state index in [0.717, 1.165) is 21.0 Å². The molecule has 39 heavy (non-hydrogen) atoms. The molecule has 0 radical (unpaired) electrons. The number of halogens is 1. The van der Waals surface area contributed by atoms with Crippen molar-refractivity contribution in [1.29, 1.82) is 0 Å². The number of nitrogens with one attached hydrogen (secondary N) is 1. The van der Waals surface area contributed by atoms with Crippen molar-refractivity contribution in [2.75, 3.05) is 10.8 Å². The number of carbonyl (C=O) groups is 2. The molecule has 0 aliphatic heterocycles. The summed E-state index contributed by atoms with van der Waals surface area (Å²) >= 11 is 6.06. The number of nitrogens with zero attached hydrogens (tertiary/aromatic N) is 2. The van der Waals surface area contributed by atoms with Crippen LogP contribution in [0.5, 0.6) is 0 Å². The maximum absolute atomic E-state index is 14.0. The Bertz CT molecular complexity index is 1370. The summed E-state index contributed by atoms with van der Waals surface area (Å²) in [5, 5.41) is 3.44. The number of hydrogen-bond acceptors (Lipinski definition) is 4. The van der Waals surface area contributed by atoms with Crippen LogP contribution in [0.1, 0.15) is 43.9 Å². The van der Waals surface area contributed by atoms with Crippen LogP contribution >= 0.6 is 11.6 Å². The number of anilines is 1. The number of aryl methyl sites for hydroxylation is 2. The van der Waals surface area contributed by atoms with E-state index in [1.54, 1.807) is 60.7 Å². The minimum atomic E-state index is -4.09. The predicted octanol–water partition coefficient (Wildman–Crippen LogP) is 5.48. The van der Waals surface area contributed by atoms with Crippen LogP contribution in [0.3, 0.4) is 0 Å². The highest BCUT2D eigenvalue weighted by atomic mass is 35.5. The zero-order valence-electron chi connectivity index (χ0n) is 23.0. The van der Waals surface area contributed by atoms with Gasteiger partial charge in [-0.1, -0.05) is 66.0 Å². The normalized spacial score (nSPS) is 12.2. The zero-order chi connectivity index (χ0) is 28.7. The molecule has 9 heteroatoms. The van der Waals surface area contributed by atoms with Gasteiger partial charge in [0.2, 0.25) is 11.8 Å². The van der Waals surface area contributed by atoms with Crippen LogP contribution in [-0.4, -0.2) is 43.8 Å². The zero-order valence-corrected chi connectivity index (χ0v) is 24.6. The fourth-order valence-electron chi connectivity index (χ4n) is 4.16. The molecule has 0 saturated carbocycles. The van der Waals surface area contributed by atoms with Crippen molar-refractivity contribution in [3.63, 3.8) is 0 Å². The third kappa shape index (κ3) is 7.83. The minimum Gasteiger partial charge on any atom is -0.352 e. The van der Waals surface area contributed by atoms with Crippen LogP contribution in [0.25, 0.3) is 0 Å². The summed E-state index contributed by atoms with van der Waals surface area (Å²) in [6.45, 7) is 8.95. The Kier molecular flexibility index (Phi) is 10.2. The standard InChI is InChI=1S/C30H36ClN3O4S/c1-6-28(30(36)32-21(2)3)33(19-24-11-13-25(31)14-12-24)29(35)20-34(26-15-7-22(4)8-16-26)39(37,38)27-17-9-23(5)10-18-27/h7-18,21,28H,6,19-20H2,1-5H3,(H,32,36)/t28-/m1/s1. The first-order chi connectivity index (χ1) is 18.4. The van der Waals surface area contributed by atoms with E-state index in [4.69, 9.17) is 11.6 Å². The molecule has 3 rings (SSSR count). The Morgan fingerprint density at radius 2 is 1.41 bits per heavy atom. The third-order valence-electron chi connectivity index (χ3n) is 6.29. The molecular weight excluding hydrogens is 534 g/mol. The van der Waals surface area contributed by atoms with Crippen LogP contribution in [0.15, 0.2) is 77.7 Å². The molecule has 3 aromatic rings. The van der Waals surface area contributed by atoms with E-state index < -0.39 is 28.5 Å². The van der Waals surface area contributed by atoms with Gasteiger partial charge in [-0.2, -0.15) is 0 Å². The van der Waals surface area contributed by atoms with Crippen LogP contribution in [0.4, 0.5) is 5.69 Å². The van der Waals surface area contributed by atoms with Crippen molar-refractivity contribution in [3.05, 3.63) is 94.5 Å². The first-order valence-corrected chi connectivity index (χ1v) is 14.7. The molecular formula is C30H36ClN3O4S. The van der Waals surface area contributed by atoms with Crippen molar-refractivity contribution < 1.29 is 18.0 Å². The van der Waals surface area contributed by atoms with E-state index in [1.165, 1.54) is 17.0 Å². The second-order valence-corrected chi connectivity index (χ2v) is 12.2. The molecule has 208 valence electrons. The highest BCUT2D eigenvalue weighted by molar-refractivity contribution is 7.92. The van der Waals surface area contributed by atoms with Crippen molar-refractivity contribution in [2.24, 2.45) is 0 Å². The summed E-state index contributed by atoms with van der Waals surface area (Å²) in [7, 11) is -4.09. The first kappa shape index (κ1) is 30.2. The van der Waals surface area contributed by atoms with Crippen LogP contribution in [0, 0.1) is 13.8 Å². The summed E-state index contributed by atoms with van der Waals surface area (Å²) in [6, 6.07) is 19.6. The lowest BCUT2D eigenvalue weighted by molar-refractivity contribution is -0.140. The maximum Gasteiger partial charge on any atom is 0.264 e. The van der Waals surface area contributed by atoms with E-state index in [2.05, 4.69) is 5.32 Å². The van der Waals surface area contributed by atoms with Crippen LogP contribution < -0.4 is 9.62 Å². The average Bonchev–Trinajstić information content (AvgIpc) is 2.88. The minimum absolute atomic E-state index is 0.0790. The molecule has 0 aromatic heterocycles. The fourth-order valence-corrected chi connectivity index (χ4v) is 5.70. The SMILES string of the molecule is CC[C@H](C(=O)NC(C)C)N(Cc1ccc(Cl)cc1)C(=O)CN(c1ccc(C)cc1)S(=O)(=O)c1ccc(C)cc1. The molecule has 0 aliphatic rings. The predicted molar refractivity (Wildman–Crippen MR) is 156 cm³/mol. The molecule has 0 aliphatic carbocycles. The summed E-state index contributed by atoms with van der Waals surface area (Å²) in [5.74, 6) is -0.787. The molecule has 0 bridgehead atoms. The van der Waals surface area contributed by atoms with Crippen molar-refractivity contribution >= 4 is 39.1 Å². The Labute approximate surface area is 236 Å².